The van der Waals surface area contributed by atoms with Gasteiger partial charge in [-0.2, -0.15) is 5.26 Å². The number of anilines is 1. The monoisotopic (exact) mass is 323 g/mol. The van der Waals surface area contributed by atoms with E-state index in [1.165, 1.54) is 11.6 Å². The Balaban J connectivity index is 1.73. The molecule has 1 aliphatic rings. The van der Waals surface area contributed by atoms with Crippen LogP contribution in [0.3, 0.4) is 0 Å². The second kappa shape index (κ2) is 7.02. The van der Waals surface area contributed by atoms with Gasteiger partial charge in [0.25, 0.3) is 0 Å². The molecule has 2 aromatic rings. The quantitative estimate of drug-likeness (QED) is 0.861. The van der Waals surface area contributed by atoms with Gasteiger partial charge in [0.2, 0.25) is 0 Å². The van der Waals surface area contributed by atoms with E-state index in [2.05, 4.69) is 47.9 Å². The maximum atomic E-state index is 13.9. The molecule has 0 amide bonds. The summed E-state index contributed by atoms with van der Waals surface area (Å²) in [5, 5.41) is 8.88. The van der Waals surface area contributed by atoms with Crippen molar-refractivity contribution in [2.75, 3.05) is 18.0 Å². The molecule has 24 heavy (non-hydrogen) atoms. The average Bonchev–Trinajstić information content (AvgIpc) is 2.58. The molecular formula is C20H22FN3. The maximum Gasteiger partial charge on any atom is 0.143 e. The molecule has 0 spiro atoms. The maximum absolute atomic E-state index is 13.9. The molecule has 0 saturated carbocycles. The van der Waals surface area contributed by atoms with Crippen LogP contribution in [0.5, 0.6) is 0 Å². The normalized spacial score (nSPS) is 21.5. The summed E-state index contributed by atoms with van der Waals surface area (Å²) in [7, 11) is 0. The fourth-order valence-electron chi connectivity index (χ4n) is 3.37. The van der Waals surface area contributed by atoms with Crippen molar-refractivity contribution in [2.24, 2.45) is 0 Å². The Labute approximate surface area is 142 Å². The Bertz CT molecular complexity index is 738. The summed E-state index contributed by atoms with van der Waals surface area (Å²) in [5.74, 6) is -0.443. The summed E-state index contributed by atoms with van der Waals surface area (Å²) in [6.45, 7) is 7.08. The molecule has 1 aliphatic heterocycles. The first kappa shape index (κ1) is 16.5. The number of nitriles is 1. The summed E-state index contributed by atoms with van der Waals surface area (Å²) in [4.78, 5) is 4.70. The van der Waals surface area contributed by atoms with Crippen LogP contribution in [0, 0.1) is 17.1 Å². The average molecular weight is 323 g/mol. The Morgan fingerprint density at radius 2 is 1.83 bits per heavy atom. The van der Waals surface area contributed by atoms with Gasteiger partial charge in [-0.3, -0.25) is 4.90 Å². The second-order valence-electron chi connectivity index (χ2n) is 6.54. The number of benzene rings is 2. The number of hydrogen-bond donors (Lipinski definition) is 0. The highest BCUT2D eigenvalue weighted by Gasteiger charge is 2.29. The molecule has 1 fully saturated rings. The zero-order valence-electron chi connectivity index (χ0n) is 14.1. The molecule has 0 radical (unpaired) electrons. The standard InChI is InChI=1S/C20H22FN3/c1-15-13-24(19-9-8-18(11-22)20(21)10-19)16(2)12-23(15)14-17-6-4-3-5-7-17/h3-10,15-16H,12-14H2,1-2H3/t15-,16+/m1/s1. The number of halogens is 1. The third kappa shape index (κ3) is 3.42. The van der Waals surface area contributed by atoms with E-state index < -0.39 is 5.82 Å². The van der Waals surface area contributed by atoms with Crippen LogP contribution in [0.15, 0.2) is 48.5 Å². The van der Waals surface area contributed by atoms with Gasteiger partial charge in [0.1, 0.15) is 11.9 Å². The summed E-state index contributed by atoms with van der Waals surface area (Å²) < 4.78 is 13.9. The number of piperazine rings is 1. The lowest BCUT2D eigenvalue weighted by molar-refractivity contribution is 0.158. The first-order valence-corrected chi connectivity index (χ1v) is 8.32. The van der Waals surface area contributed by atoms with Gasteiger partial charge in [0.05, 0.1) is 5.56 Å². The van der Waals surface area contributed by atoms with E-state index in [9.17, 15) is 4.39 Å². The van der Waals surface area contributed by atoms with Crippen molar-refractivity contribution in [3.63, 3.8) is 0 Å². The molecular weight excluding hydrogens is 301 g/mol. The predicted molar refractivity (Wildman–Crippen MR) is 94.2 cm³/mol. The molecule has 1 saturated heterocycles. The minimum Gasteiger partial charge on any atom is -0.366 e. The van der Waals surface area contributed by atoms with E-state index in [0.717, 1.165) is 25.3 Å². The van der Waals surface area contributed by atoms with Crippen LogP contribution in [0.2, 0.25) is 0 Å². The minimum atomic E-state index is -0.443. The van der Waals surface area contributed by atoms with Gasteiger partial charge in [-0.15, -0.1) is 0 Å². The van der Waals surface area contributed by atoms with Crippen LogP contribution in [-0.4, -0.2) is 30.1 Å². The topological polar surface area (TPSA) is 30.3 Å². The van der Waals surface area contributed by atoms with Gasteiger partial charge in [-0.05, 0) is 37.6 Å². The fraction of sp³-hybridized carbons (Fsp3) is 0.350. The Morgan fingerprint density at radius 1 is 1.08 bits per heavy atom. The summed E-state index contributed by atoms with van der Waals surface area (Å²) in [6, 6.07) is 17.9. The third-order valence-electron chi connectivity index (χ3n) is 4.75. The predicted octanol–water partition coefficient (Wildman–Crippen LogP) is 3.80. The number of nitrogens with zero attached hydrogens (tertiary/aromatic N) is 3. The summed E-state index contributed by atoms with van der Waals surface area (Å²) >= 11 is 0. The van der Waals surface area contributed by atoms with Crippen molar-refractivity contribution in [3.8, 4) is 6.07 Å². The molecule has 1 heterocycles. The number of rotatable bonds is 3. The van der Waals surface area contributed by atoms with Crippen LogP contribution in [0.1, 0.15) is 25.0 Å². The Kier molecular flexibility index (Phi) is 4.82. The lowest BCUT2D eigenvalue weighted by atomic mass is 10.0. The van der Waals surface area contributed by atoms with Gasteiger partial charge in [0.15, 0.2) is 0 Å². The van der Waals surface area contributed by atoms with Crippen molar-refractivity contribution >= 4 is 5.69 Å². The van der Waals surface area contributed by atoms with Gasteiger partial charge in [-0.1, -0.05) is 30.3 Å². The van der Waals surface area contributed by atoms with Crippen LogP contribution in [-0.2, 0) is 6.54 Å². The molecule has 2 atom stereocenters. The first-order chi connectivity index (χ1) is 11.6. The molecule has 0 aliphatic carbocycles. The van der Waals surface area contributed by atoms with Gasteiger partial charge < -0.3 is 4.90 Å². The molecule has 4 heteroatoms. The van der Waals surface area contributed by atoms with E-state index in [4.69, 9.17) is 5.26 Å². The zero-order chi connectivity index (χ0) is 17.1. The van der Waals surface area contributed by atoms with E-state index in [-0.39, 0.29) is 11.6 Å². The Morgan fingerprint density at radius 3 is 2.50 bits per heavy atom. The number of hydrogen-bond acceptors (Lipinski definition) is 3. The van der Waals surface area contributed by atoms with E-state index in [0.29, 0.717) is 6.04 Å². The molecule has 0 unspecified atom stereocenters. The van der Waals surface area contributed by atoms with Crippen molar-refractivity contribution in [3.05, 3.63) is 65.5 Å². The molecule has 0 aromatic heterocycles. The molecule has 3 nitrogen and oxygen atoms in total. The summed E-state index contributed by atoms with van der Waals surface area (Å²) in [5.41, 5.74) is 2.27. The minimum absolute atomic E-state index is 0.0992. The SMILES string of the molecule is C[C@@H]1CN(c2ccc(C#N)c(F)c2)[C@@H](C)CN1Cc1ccccc1. The van der Waals surface area contributed by atoms with Gasteiger partial charge in [0, 0.05) is 37.4 Å². The molecule has 124 valence electrons. The van der Waals surface area contributed by atoms with Crippen molar-refractivity contribution in [2.45, 2.75) is 32.5 Å². The molecule has 0 N–H and O–H groups in total. The van der Waals surface area contributed by atoms with E-state index in [1.54, 1.807) is 6.07 Å². The first-order valence-electron chi connectivity index (χ1n) is 8.32. The van der Waals surface area contributed by atoms with Crippen LogP contribution in [0.4, 0.5) is 10.1 Å². The highest BCUT2D eigenvalue weighted by Crippen LogP contribution is 2.26. The fourth-order valence-corrected chi connectivity index (χ4v) is 3.37. The smallest absolute Gasteiger partial charge is 0.143 e. The lowest BCUT2D eigenvalue weighted by Crippen LogP contribution is -2.56. The highest BCUT2D eigenvalue weighted by molar-refractivity contribution is 5.52. The zero-order valence-corrected chi connectivity index (χ0v) is 14.1. The molecule has 0 bridgehead atoms. The molecule has 3 rings (SSSR count). The highest BCUT2D eigenvalue weighted by atomic mass is 19.1. The second-order valence-corrected chi connectivity index (χ2v) is 6.54. The van der Waals surface area contributed by atoms with Crippen molar-refractivity contribution in [1.82, 2.24) is 4.90 Å². The van der Waals surface area contributed by atoms with E-state index >= 15 is 0 Å². The van der Waals surface area contributed by atoms with Crippen LogP contribution in [0.25, 0.3) is 0 Å². The lowest BCUT2D eigenvalue weighted by Gasteiger charge is -2.45. The van der Waals surface area contributed by atoms with Crippen LogP contribution >= 0.6 is 0 Å². The summed E-state index contributed by atoms with van der Waals surface area (Å²) in [6.07, 6.45) is 0. The van der Waals surface area contributed by atoms with E-state index in [1.807, 2.05) is 18.2 Å². The van der Waals surface area contributed by atoms with Crippen LogP contribution < -0.4 is 4.90 Å². The largest absolute Gasteiger partial charge is 0.366 e. The van der Waals surface area contributed by atoms with Crippen molar-refractivity contribution in [1.29, 1.82) is 5.26 Å². The Hall–Kier alpha value is -2.38. The van der Waals surface area contributed by atoms with Crippen molar-refractivity contribution < 1.29 is 4.39 Å². The molecule has 2 aromatic carbocycles. The van der Waals surface area contributed by atoms with Gasteiger partial charge in [-0.25, -0.2) is 4.39 Å². The third-order valence-corrected chi connectivity index (χ3v) is 4.75. The van der Waals surface area contributed by atoms with Gasteiger partial charge >= 0.3 is 0 Å².